The van der Waals surface area contributed by atoms with Crippen LogP contribution in [0.15, 0.2) is 27.1 Å². The van der Waals surface area contributed by atoms with Crippen molar-refractivity contribution in [2.45, 2.75) is 7.43 Å². The Kier molecular flexibility index (Phi) is 4.41. The van der Waals surface area contributed by atoms with E-state index in [1.165, 1.54) is 6.07 Å². The highest BCUT2D eigenvalue weighted by molar-refractivity contribution is 9.13. The van der Waals surface area contributed by atoms with Gasteiger partial charge in [0.15, 0.2) is 0 Å². The SMILES string of the molecule is C.O=[N+]([O-])c1cccc(Br)c1Br. The Bertz CT molecular complexity index is 301. The van der Waals surface area contributed by atoms with Gasteiger partial charge in [-0.3, -0.25) is 10.1 Å². The molecular formula is C7H7Br2NO2. The van der Waals surface area contributed by atoms with Gasteiger partial charge < -0.3 is 0 Å². The third-order valence-electron chi connectivity index (χ3n) is 1.13. The highest BCUT2D eigenvalue weighted by atomic mass is 79.9. The quantitative estimate of drug-likeness (QED) is 0.585. The predicted molar refractivity (Wildman–Crippen MR) is 55.2 cm³/mol. The van der Waals surface area contributed by atoms with Gasteiger partial charge in [0.25, 0.3) is 5.69 Å². The number of hydrogen-bond donors (Lipinski definition) is 0. The predicted octanol–water partition coefficient (Wildman–Crippen LogP) is 3.76. The molecule has 0 spiro atoms. The molecule has 0 aliphatic heterocycles. The average Bonchev–Trinajstić information content (AvgIpc) is 1.94. The van der Waals surface area contributed by atoms with Crippen molar-refractivity contribution < 1.29 is 4.92 Å². The van der Waals surface area contributed by atoms with Gasteiger partial charge in [-0.2, -0.15) is 0 Å². The van der Waals surface area contributed by atoms with Crippen molar-refractivity contribution in [1.29, 1.82) is 0 Å². The van der Waals surface area contributed by atoms with E-state index in [2.05, 4.69) is 31.9 Å². The van der Waals surface area contributed by atoms with Crippen molar-refractivity contribution >= 4 is 37.5 Å². The molecule has 0 fully saturated rings. The molecule has 0 aromatic heterocycles. The first-order chi connectivity index (χ1) is 5.13. The number of rotatable bonds is 1. The molecule has 0 unspecified atom stereocenters. The van der Waals surface area contributed by atoms with Crippen LogP contribution in [0.5, 0.6) is 0 Å². The molecule has 0 amide bonds. The smallest absolute Gasteiger partial charge is 0.258 e. The summed E-state index contributed by atoms with van der Waals surface area (Å²) in [5.74, 6) is 0. The van der Waals surface area contributed by atoms with Crippen LogP contribution in [-0.2, 0) is 0 Å². The number of hydrogen-bond acceptors (Lipinski definition) is 2. The molecule has 0 aliphatic carbocycles. The highest BCUT2D eigenvalue weighted by Crippen LogP contribution is 2.31. The largest absolute Gasteiger partial charge is 0.284 e. The number of nitro groups is 1. The molecule has 3 nitrogen and oxygen atoms in total. The van der Waals surface area contributed by atoms with E-state index < -0.39 is 4.92 Å². The van der Waals surface area contributed by atoms with Gasteiger partial charge in [0.05, 0.1) is 4.92 Å². The van der Waals surface area contributed by atoms with Gasteiger partial charge in [0.2, 0.25) is 0 Å². The molecule has 0 bridgehead atoms. The third kappa shape index (κ3) is 2.28. The van der Waals surface area contributed by atoms with Crippen molar-refractivity contribution in [2.75, 3.05) is 0 Å². The van der Waals surface area contributed by atoms with Crippen molar-refractivity contribution in [2.24, 2.45) is 0 Å². The lowest BCUT2D eigenvalue weighted by atomic mass is 10.3. The van der Waals surface area contributed by atoms with Crippen LogP contribution in [0, 0.1) is 10.1 Å². The Labute approximate surface area is 87.2 Å². The summed E-state index contributed by atoms with van der Waals surface area (Å²) in [6.45, 7) is 0. The summed E-state index contributed by atoms with van der Waals surface area (Å²) >= 11 is 6.26. The van der Waals surface area contributed by atoms with E-state index >= 15 is 0 Å². The lowest BCUT2D eigenvalue weighted by Crippen LogP contribution is -1.88. The van der Waals surface area contributed by atoms with Gasteiger partial charge in [-0.05, 0) is 37.9 Å². The maximum Gasteiger partial charge on any atom is 0.284 e. The van der Waals surface area contributed by atoms with Crippen LogP contribution < -0.4 is 0 Å². The van der Waals surface area contributed by atoms with Crippen LogP contribution >= 0.6 is 31.9 Å². The van der Waals surface area contributed by atoms with Gasteiger partial charge in [-0.25, -0.2) is 0 Å². The number of halogens is 2. The van der Waals surface area contributed by atoms with E-state index in [1.807, 2.05) is 0 Å². The standard InChI is InChI=1S/C6H3Br2NO2.CH4/c7-4-2-1-3-5(6(4)8)9(10)11;/h1-3H;1H4. The van der Waals surface area contributed by atoms with Gasteiger partial charge in [-0.15, -0.1) is 0 Å². The molecule has 0 aliphatic rings. The van der Waals surface area contributed by atoms with Gasteiger partial charge >= 0.3 is 0 Å². The van der Waals surface area contributed by atoms with E-state index in [1.54, 1.807) is 12.1 Å². The zero-order valence-electron chi connectivity index (χ0n) is 5.25. The highest BCUT2D eigenvalue weighted by Gasteiger charge is 2.12. The van der Waals surface area contributed by atoms with Gasteiger partial charge in [0, 0.05) is 10.5 Å². The Morgan fingerprint density at radius 1 is 1.33 bits per heavy atom. The summed E-state index contributed by atoms with van der Waals surface area (Å²) in [7, 11) is 0. The minimum absolute atomic E-state index is 0. The normalized spacial score (nSPS) is 8.83. The fourth-order valence-electron chi connectivity index (χ4n) is 0.633. The van der Waals surface area contributed by atoms with E-state index in [0.29, 0.717) is 8.95 Å². The topological polar surface area (TPSA) is 43.1 Å². The second-order valence-corrected chi connectivity index (χ2v) is 3.48. The van der Waals surface area contributed by atoms with Crippen molar-refractivity contribution in [1.82, 2.24) is 0 Å². The fourth-order valence-corrected chi connectivity index (χ4v) is 1.40. The first kappa shape index (κ1) is 11.6. The summed E-state index contributed by atoms with van der Waals surface area (Å²) in [5, 5.41) is 10.3. The Morgan fingerprint density at radius 2 is 1.92 bits per heavy atom. The Hall–Kier alpha value is -0.420. The van der Waals surface area contributed by atoms with Crippen LogP contribution in [-0.4, -0.2) is 4.92 Å². The molecule has 1 aromatic rings. The van der Waals surface area contributed by atoms with Gasteiger partial charge in [-0.1, -0.05) is 13.5 Å². The summed E-state index contributed by atoms with van der Waals surface area (Å²) in [6.07, 6.45) is 0. The Balaban J connectivity index is 0.00000121. The van der Waals surface area contributed by atoms with E-state index in [9.17, 15) is 10.1 Å². The van der Waals surface area contributed by atoms with Crippen molar-refractivity contribution in [3.05, 3.63) is 37.3 Å². The van der Waals surface area contributed by atoms with E-state index in [-0.39, 0.29) is 13.1 Å². The Morgan fingerprint density at radius 3 is 2.33 bits per heavy atom. The first-order valence-electron chi connectivity index (χ1n) is 2.71. The number of nitro benzene ring substituents is 1. The lowest BCUT2D eigenvalue weighted by Gasteiger charge is -1.95. The summed E-state index contributed by atoms with van der Waals surface area (Å²) in [5.41, 5.74) is 0.0689. The van der Waals surface area contributed by atoms with Crippen LogP contribution in [0.2, 0.25) is 0 Å². The molecule has 1 rings (SSSR count). The van der Waals surface area contributed by atoms with E-state index in [4.69, 9.17) is 0 Å². The number of benzene rings is 1. The van der Waals surface area contributed by atoms with Crippen molar-refractivity contribution in [3.8, 4) is 0 Å². The molecule has 1 aromatic carbocycles. The maximum atomic E-state index is 10.3. The molecule has 0 heterocycles. The average molecular weight is 297 g/mol. The zero-order valence-corrected chi connectivity index (χ0v) is 8.42. The molecule has 12 heavy (non-hydrogen) atoms. The monoisotopic (exact) mass is 295 g/mol. The molecule has 5 heteroatoms. The lowest BCUT2D eigenvalue weighted by molar-refractivity contribution is -0.385. The summed E-state index contributed by atoms with van der Waals surface area (Å²) in [4.78, 5) is 9.89. The van der Waals surface area contributed by atoms with E-state index in [0.717, 1.165) is 0 Å². The molecule has 0 saturated carbocycles. The molecule has 0 N–H and O–H groups in total. The van der Waals surface area contributed by atoms with Crippen LogP contribution in [0.1, 0.15) is 7.43 Å². The first-order valence-corrected chi connectivity index (χ1v) is 4.30. The molecule has 0 saturated heterocycles. The zero-order chi connectivity index (χ0) is 8.43. The molecule has 0 atom stereocenters. The molecular weight excluding hydrogens is 290 g/mol. The summed E-state index contributed by atoms with van der Waals surface area (Å²) in [6, 6.07) is 4.79. The second-order valence-electron chi connectivity index (χ2n) is 1.83. The summed E-state index contributed by atoms with van der Waals surface area (Å²) < 4.78 is 1.16. The third-order valence-corrected chi connectivity index (χ3v) is 3.15. The second kappa shape index (κ2) is 4.57. The molecule has 0 radical (unpaired) electrons. The van der Waals surface area contributed by atoms with Crippen LogP contribution in [0.25, 0.3) is 0 Å². The van der Waals surface area contributed by atoms with Crippen molar-refractivity contribution in [3.63, 3.8) is 0 Å². The maximum absolute atomic E-state index is 10.3. The minimum Gasteiger partial charge on any atom is -0.258 e. The minimum atomic E-state index is -0.436. The van der Waals surface area contributed by atoms with Crippen LogP contribution in [0.4, 0.5) is 5.69 Å². The fraction of sp³-hybridized carbons (Fsp3) is 0.143. The number of nitrogens with zero attached hydrogens (tertiary/aromatic N) is 1. The van der Waals surface area contributed by atoms with Crippen LogP contribution in [0.3, 0.4) is 0 Å². The molecule has 66 valence electrons. The van der Waals surface area contributed by atoms with Gasteiger partial charge in [0.1, 0.15) is 4.47 Å².